The second-order valence-corrected chi connectivity index (χ2v) is 4.13. The predicted octanol–water partition coefficient (Wildman–Crippen LogP) is 1.26. The van der Waals surface area contributed by atoms with E-state index in [0.717, 1.165) is 36.4 Å². The molecule has 0 unspecified atom stereocenters. The van der Waals surface area contributed by atoms with E-state index in [-0.39, 0.29) is 6.04 Å². The quantitative estimate of drug-likeness (QED) is 0.669. The van der Waals surface area contributed by atoms with Crippen molar-refractivity contribution in [2.75, 3.05) is 30.4 Å². The molecule has 1 heterocycles. The van der Waals surface area contributed by atoms with Crippen LogP contribution in [0.5, 0.6) is 0 Å². The van der Waals surface area contributed by atoms with E-state index in [0.29, 0.717) is 0 Å². The fraction of sp³-hybridized carbons (Fsp3) is 0.417. The summed E-state index contributed by atoms with van der Waals surface area (Å²) >= 11 is 0. The molecule has 1 aliphatic rings. The first kappa shape index (κ1) is 11.0. The molecular formula is C12H18N4. The van der Waals surface area contributed by atoms with E-state index in [1.165, 1.54) is 6.21 Å². The summed E-state index contributed by atoms with van der Waals surface area (Å²) in [6.45, 7) is 1.86. The van der Waals surface area contributed by atoms with E-state index in [9.17, 15) is 0 Å². The van der Waals surface area contributed by atoms with Gasteiger partial charge in [-0.2, -0.15) is 0 Å². The van der Waals surface area contributed by atoms with Gasteiger partial charge in [0.15, 0.2) is 0 Å². The van der Waals surface area contributed by atoms with E-state index >= 15 is 0 Å². The maximum absolute atomic E-state index is 7.52. The number of nitrogens with two attached hydrogens (primary N) is 1. The van der Waals surface area contributed by atoms with Gasteiger partial charge in [0, 0.05) is 49.3 Å². The van der Waals surface area contributed by atoms with Crippen LogP contribution in [0.3, 0.4) is 0 Å². The Morgan fingerprint density at radius 3 is 2.94 bits per heavy atom. The summed E-state index contributed by atoms with van der Waals surface area (Å²) in [5.74, 6) is 0. The number of benzene rings is 1. The van der Waals surface area contributed by atoms with E-state index in [4.69, 9.17) is 11.1 Å². The number of nitrogens with one attached hydrogen (secondary N) is 2. The molecule has 4 heteroatoms. The van der Waals surface area contributed by atoms with E-state index in [1.54, 1.807) is 0 Å². The van der Waals surface area contributed by atoms with Crippen molar-refractivity contribution in [2.45, 2.75) is 12.5 Å². The van der Waals surface area contributed by atoms with Crippen molar-refractivity contribution >= 4 is 17.6 Å². The number of nitrogens with zero attached hydrogens (tertiary/aromatic N) is 1. The molecule has 86 valence electrons. The molecule has 2 rings (SSSR count). The van der Waals surface area contributed by atoms with E-state index in [2.05, 4.69) is 16.3 Å². The van der Waals surface area contributed by atoms with Crippen LogP contribution in [0.2, 0.25) is 0 Å². The molecule has 1 saturated heterocycles. The summed E-state index contributed by atoms with van der Waals surface area (Å²) in [5, 5.41) is 10.6. The van der Waals surface area contributed by atoms with Crippen LogP contribution >= 0.6 is 0 Å². The molecule has 0 spiro atoms. The average molecular weight is 218 g/mol. The Bertz CT molecular complexity index is 389. The van der Waals surface area contributed by atoms with Gasteiger partial charge in [-0.15, -0.1) is 0 Å². The van der Waals surface area contributed by atoms with Gasteiger partial charge < -0.3 is 21.4 Å². The van der Waals surface area contributed by atoms with Gasteiger partial charge in [-0.3, -0.25) is 0 Å². The standard InChI is InChI=1S/C12H18N4/c1-15-11-3-2-4-12(10(11)7-13)16-6-5-9(14)8-16/h2-4,7,9,13,15H,5-6,8,14H2,1H3/t9-/m1/s1. The fourth-order valence-corrected chi connectivity index (χ4v) is 2.20. The van der Waals surface area contributed by atoms with Gasteiger partial charge in [0.2, 0.25) is 0 Å². The molecule has 1 fully saturated rings. The molecule has 0 radical (unpaired) electrons. The van der Waals surface area contributed by atoms with Crippen molar-refractivity contribution in [2.24, 2.45) is 5.73 Å². The zero-order chi connectivity index (χ0) is 11.5. The van der Waals surface area contributed by atoms with Gasteiger partial charge in [-0.1, -0.05) is 6.07 Å². The highest BCUT2D eigenvalue weighted by atomic mass is 15.2. The largest absolute Gasteiger partial charge is 0.388 e. The Hall–Kier alpha value is -1.55. The maximum Gasteiger partial charge on any atom is 0.0476 e. The van der Waals surface area contributed by atoms with Crippen molar-refractivity contribution in [1.82, 2.24) is 0 Å². The van der Waals surface area contributed by atoms with Crippen LogP contribution in [-0.4, -0.2) is 32.4 Å². The third-order valence-electron chi connectivity index (χ3n) is 3.06. The Balaban J connectivity index is 2.36. The lowest BCUT2D eigenvalue weighted by Gasteiger charge is -2.21. The van der Waals surface area contributed by atoms with Crippen LogP contribution in [-0.2, 0) is 0 Å². The Labute approximate surface area is 96.0 Å². The molecule has 0 amide bonds. The minimum Gasteiger partial charge on any atom is -0.388 e. The predicted molar refractivity (Wildman–Crippen MR) is 68.7 cm³/mol. The van der Waals surface area contributed by atoms with Gasteiger partial charge >= 0.3 is 0 Å². The maximum atomic E-state index is 7.52. The van der Waals surface area contributed by atoms with Gasteiger partial charge in [-0.25, -0.2) is 0 Å². The van der Waals surface area contributed by atoms with E-state index < -0.39 is 0 Å². The lowest BCUT2D eigenvalue weighted by molar-refractivity contribution is 0.752. The van der Waals surface area contributed by atoms with Crippen LogP contribution in [0, 0.1) is 5.41 Å². The van der Waals surface area contributed by atoms with Crippen molar-refractivity contribution in [1.29, 1.82) is 5.41 Å². The fourth-order valence-electron chi connectivity index (χ4n) is 2.20. The third-order valence-corrected chi connectivity index (χ3v) is 3.06. The van der Waals surface area contributed by atoms with Crippen LogP contribution in [0.25, 0.3) is 0 Å². The Morgan fingerprint density at radius 1 is 1.56 bits per heavy atom. The lowest BCUT2D eigenvalue weighted by atomic mass is 10.1. The first-order chi connectivity index (χ1) is 7.76. The highest BCUT2D eigenvalue weighted by molar-refractivity contribution is 5.93. The summed E-state index contributed by atoms with van der Waals surface area (Å²) in [5.41, 5.74) is 8.95. The Kier molecular flexibility index (Phi) is 3.10. The molecule has 1 atom stereocenters. The summed E-state index contributed by atoms with van der Waals surface area (Å²) in [6, 6.07) is 6.31. The smallest absolute Gasteiger partial charge is 0.0476 e. The average Bonchev–Trinajstić information content (AvgIpc) is 2.74. The second-order valence-electron chi connectivity index (χ2n) is 4.13. The number of rotatable bonds is 3. The first-order valence-corrected chi connectivity index (χ1v) is 5.58. The zero-order valence-electron chi connectivity index (χ0n) is 9.53. The highest BCUT2D eigenvalue weighted by Crippen LogP contribution is 2.28. The summed E-state index contributed by atoms with van der Waals surface area (Å²) in [6.07, 6.45) is 2.44. The molecule has 16 heavy (non-hydrogen) atoms. The van der Waals surface area contributed by atoms with Crippen LogP contribution in [0.1, 0.15) is 12.0 Å². The van der Waals surface area contributed by atoms with Crippen LogP contribution in [0.4, 0.5) is 11.4 Å². The molecule has 0 bridgehead atoms. The van der Waals surface area contributed by atoms with Gasteiger partial charge in [0.1, 0.15) is 0 Å². The third kappa shape index (κ3) is 1.88. The minimum atomic E-state index is 0.261. The minimum absolute atomic E-state index is 0.261. The molecule has 0 aliphatic carbocycles. The van der Waals surface area contributed by atoms with Gasteiger partial charge in [0.25, 0.3) is 0 Å². The van der Waals surface area contributed by atoms with Crippen LogP contribution in [0.15, 0.2) is 18.2 Å². The Morgan fingerprint density at radius 2 is 2.38 bits per heavy atom. The molecule has 4 N–H and O–H groups in total. The summed E-state index contributed by atoms with van der Waals surface area (Å²) in [7, 11) is 1.88. The van der Waals surface area contributed by atoms with Crippen molar-refractivity contribution in [3.63, 3.8) is 0 Å². The molecule has 4 nitrogen and oxygen atoms in total. The molecule has 1 aromatic rings. The first-order valence-electron chi connectivity index (χ1n) is 5.58. The zero-order valence-corrected chi connectivity index (χ0v) is 9.53. The van der Waals surface area contributed by atoms with Crippen molar-refractivity contribution in [3.05, 3.63) is 23.8 Å². The molecule has 0 aromatic heterocycles. The van der Waals surface area contributed by atoms with Crippen molar-refractivity contribution < 1.29 is 0 Å². The summed E-state index contributed by atoms with van der Waals surface area (Å²) < 4.78 is 0. The van der Waals surface area contributed by atoms with Gasteiger partial charge in [0.05, 0.1) is 0 Å². The molecule has 1 aromatic carbocycles. The number of hydrogen-bond acceptors (Lipinski definition) is 4. The highest BCUT2D eigenvalue weighted by Gasteiger charge is 2.21. The second kappa shape index (κ2) is 4.53. The SMILES string of the molecule is CNc1cccc(N2CC[C@@H](N)C2)c1C=N. The van der Waals surface area contributed by atoms with Gasteiger partial charge in [-0.05, 0) is 18.6 Å². The topological polar surface area (TPSA) is 65.1 Å². The summed E-state index contributed by atoms with van der Waals surface area (Å²) in [4.78, 5) is 2.26. The van der Waals surface area contributed by atoms with E-state index in [1.807, 2.05) is 19.2 Å². The van der Waals surface area contributed by atoms with Crippen LogP contribution < -0.4 is 16.0 Å². The molecule has 1 aliphatic heterocycles. The monoisotopic (exact) mass is 218 g/mol. The number of hydrogen-bond donors (Lipinski definition) is 3. The number of anilines is 2. The lowest BCUT2D eigenvalue weighted by Crippen LogP contribution is -2.27. The normalized spacial score (nSPS) is 19.9. The van der Waals surface area contributed by atoms with Crippen molar-refractivity contribution in [3.8, 4) is 0 Å². The molecular weight excluding hydrogens is 200 g/mol. The molecule has 0 saturated carbocycles.